The van der Waals surface area contributed by atoms with Crippen LogP contribution in [0.15, 0.2) is 23.1 Å². The fourth-order valence-electron chi connectivity index (χ4n) is 1.02. The molecule has 0 fully saturated rings. The zero-order valence-electron chi connectivity index (χ0n) is 8.34. The molecule has 0 spiro atoms. The maximum absolute atomic E-state index is 11.2. The molecule has 0 aliphatic carbocycles. The first kappa shape index (κ1) is 12.8. The number of rotatable bonds is 3. The standard InChI is InChI=1S/C9H9ClN2O3S/c1-6(5-11)15-8-3-2-7(10)4-9(8)16(12,13)14/h2-4,6H,1H3,(H2,12,13,14). The Balaban J connectivity index is 3.25. The summed E-state index contributed by atoms with van der Waals surface area (Å²) in [7, 11) is -3.93. The van der Waals surface area contributed by atoms with Crippen LogP contribution in [0.25, 0.3) is 0 Å². The molecule has 0 saturated carbocycles. The van der Waals surface area contributed by atoms with Crippen LogP contribution in [0.3, 0.4) is 0 Å². The van der Waals surface area contributed by atoms with E-state index < -0.39 is 16.1 Å². The van der Waals surface area contributed by atoms with Gasteiger partial charge in [-0.15, -0.1) is 0 Å². The average molecular weight is 261 g/mol. The van der Waals surface area contributed by atoms with E-state index in [1.807, 2.05) is 6.07 Å². The quantitative estimate of drug-likeness (QED) is 0.886. The molecule has 1 unspecified atom stereocenters. The van der Waals surface area contributed by atoms with Gasteiger partial charge in [0.2, 0.25) is 10.0 Å². The first-order chi connectivity index (χ1) is 7.34. The van der Waals surface area contributed by atoms with Crippen LogP contribution >= 0.6 is 11.6 Å². The highest BCUT2D eigenvalue weighted by molar-refractivity contribution is 7.89. The predicted octanol–water partition coefficient (Wildman–Crippen LogP) is 1.28. The van der Waals surface area contributed by atoms with Crippen LogP contribution in [-0.2, 0) is 10.0 Å². The second-order valence-corrected chi connectivity index (χ2v) is 4.99. The summed E-state index contributed by atoms with van der Waals surface area (Å²) in [6.45, 7) is 1.49. The number of sulfonamides is 1. The zero-order chi connectivity index (χ0) is 12.3. The lowest BCUT2D eigenvalue weighted by Gasteiger charge is -2.11. The molecule has 1 aromatic carbocycles. The molecule has 0 aromatic heterocycles. The van der Waals surface area contributed by atoms with Gasteiger partial charge in [-0.05, 0) is 25.1 Å². The Morgan fingerprint density at radius 1 is 1.56 bits per heavy atom. The van der Waals surface area contributed by atoms with Crippen molar-refractivity contribution in [2.45, 2.75) is 17.9 Å². The van der Waals surface area contributed by atoms with Gasteiger partial charge in [0.25, 0.3) is 0 Å². The summed E-state index contributed by atoms with van der Waals surface area (Å²) in [4.78, 5) is -0.234. The SMILES string of the molecule is CC(C#N)Oc1ccc(Cl)cc1S(N)(=O)=O. The predicted molar refractivity (Wildman–Crippen MR) is 58.5 cm³/mol. The number of halogens is 1. The van der Waals surface area contributed by atoms with Gasteiger partial charge in [-0.25, -0.2) is 13.6 Å². The number of nitrogens with two attached hydrogens (primary N) is 1. The number of primary sulfonamides is 1. The molecule has 0 aliphatic rings. The van der Waals surface area contributed by atoms with Crippen LogP contribution < -0.4 is 9.88 Å². The summed E-state index contributed by atoms with van der Waals surface area (Å²) in [6.07, 6.45) is -0.776. The molecular formula is C9H9ClN2O3S. The summed E-state index contributed by atoms with van der Waals surface area (Å²) in [6, 6.07) is 5.80. The minimum absolute atomic E-state index is 0.0148. The van der Waals surface area contributed by atoms with E-state index in [4.69, 9.17) is 26.7 Å². The Hall–Kier alpha value is -1.29. The number of benzene rings is 1. The summed E-state index contributed by atoms with van der Waals surface area (Å²) >= 11 is 5.65. The molecule has 0 saturated heterocycles. The minimum Gasteiger partial charge on any atom is -0.474 e. The molecule has 0 bridgehead atoms. The first-order valence-electron chi connectivity index (χ1n) is 4.23. The third-order valence-electron chi connectivity index (χ3n) is 1.70. The van der Waals surface area contributed by atoms with Crippen LogP contribution in [0.2, 0.25) is 5.02 Å². The number of nitriles is 1. The Morgan fingerprint density at radius 2 is 2.19 bits per heavy atom. The topological polar surface area (TPSA) is 93.2 Å². The molecule has 1 aromatic rings. The molecule has 7 heteroatoms. The normalized spacial score (nSPS) is 12.9. The summed E-state index contributed by atoms with van der Waals surface area (Å²) in [5.41, 5.74) is 0. The summed E-state index contributed by atoms with van der Waals surface area (Å²) in [5.74, 6) is 0.0148. The monoisotopic (exact) mass is 260 g/mol. The molecule has 86 valence electrons. The fourth-order valence-corrected chi connectivity index (χ4v) is 1.94. The number of ether oxygens (including phenoxy) is 1. The Labute approximate surface area is 98.4 Å². The molecular weight excluding hydrogens is 252 g/mol. The van der Waals surface area contributed by atoms with Gasteiger partial charge in [0.05, 0.1) is 0 Å². The van der Waals surface area contributed by atoms with Crippen LogP contribution in [0.1, 0.15) is 6.92 Å². The van der Waals surface area contributed by atoms with Crippen LogP contribution in [0.4, 0.5) is 0 Å². The van der Waals surface area contributed by atoms with E-state index >= 15 is 0 Å². The van der Waals surface area contributed by atoms with Crippen LogP contribution in [-0.4, -0.2) is 14.5 Å². The summed E-state index contributed by atoms with van der Waals surface area (Å²) < 4.78 is 27.6. The number of nitrogens with zero attached hydrogens (tertiary/aromatic N) is 1. The summed E-state index contributed by atoms with van der Waals surface area (Å²) in [5, 5.41) is 13.8. The molecule has 0 heterocycles. The van der Waals surface area contributed by atoms with Crippen molar-refractivity contribution < 1.29 is 13.2 Å². The third kappa shape index (κ3) is 3.10. The molecule has 16 heavy (non-hydrogen) atoms. The van der Waals surface area contributed by atoms with Crippen LogP contribution in [0.5, 0.6) is 5.75 Å². The molecule has 2 N–H and O–H groups in total. The van der Waals surface area contributed by atoms with Gasteiger partial charge in [-0.1, -0.05) is 11.6 Å². The minimum atomic E-state index is -3.93. The maximum atomic E-state index is 11.2. The van der Waals surface area contributed by atoms with E-state index in [-0.39, 0.29) is 15.7 Å². The van der Waals surface area contributed by atoms with Gasteiger partial charge in [-0.2, -0.15) is 5.26 Å². The average Bonchev–Trinajstić information content (AvgIpc) is 2.19. The van der Waals surface area contributed by atoms with E-state index in [0.29, 0.717) is 0 Å². The van der Waals surface area contributed by atoms with Gasteiger partial charge in [0, 0.05) is 5.02 Å². The van der Waals surface area contributed by atoms with Crippen molar-refractivity contribution in [2.24, 2.45) is 5.14 Å². The van der Waals surface area contributed by atoms with Crippen molar-refractivity contribution in [3.63, 3.8) is 0 Å². The number of hydrogen-bond donors (Lipinski definition) is 1. The van der Waals surface area contributed by atoms with Crippen molar-refractivity contribution in [1.82, 2.24) is 0 Å². The van der Waals surface area contributed by atoms with E-state index in [1.54, 1.807) is 0 Å². The first-order valence-corrected chi connectivity index (χ1v) is 6.15. The van der Waals surface area contributed by atoms with Crippen molar-refractivity contribution >= 4 is 21.6 Å². The van der Waals surface area contributed by atoms with E-state index in [9.17, 15) is 8.42 Å². The van der Waals surface area contributed by atoms with Gasteiger partial charge in [0.15, 0.2) is 6.10 Å². The van der Waals surface area contributed by atoms with Gasteiger partial charge in [0.1, 0.15) is 16.7 Å². The Kier molecular flexibility index (Phi) is 3.75. The Morgan fingerprint density at radius 3 is 2.69 bits per heavy atom. The highest BCUT2D eigenvalue weighted by atomic mass is 35.5. The Bertz CT molecular complexity index is 536. The molecule has 0 amide bonds. The van der Waals surface area contributed by atoms with Crippen molar-refractivity contribution in [1.29, 1.82) is 5.26 Å². The van der Waals surface area contributed by atoms with E-state index in [2.05, 4.69) is 0 Å². The fraction of sp³-hybridized carbons (Fsp3) is 0.222. The molecule has 1 atom stereocenters. The zero-order valence-corrected chi connectivity index (χ0v) is 9.92. The lowest BCUT2D eigenvalue weighted by molar-refractivity contribution is 0.269. The van der Waals surface area contributed by atoms with Gasteiger partial charge in [-0.3, -0.25) is 0 Å². The van der Waals surface area contributed by atoms with Crippen molar-refractivity contribution in [2.75, 3.05) is 0 Å². The molecule has 5 nitrogen and oxygen atoms in total. The largest absolute Gasteiger partial charge is 0.474 e. The second kappa shape index (κ2) is 4.70. The van der Waals surface area contributed by atoms with Gasteiger partial charge < -0.3 is 4.74 Å². The number of hydrogen-bond acceptors (Lipinski definition) is 4. The second-order valence-electron chi connectivity index (χ2n) is 3.03. The van der Waals surface area contributed by atoms with Crippen LogP contribution in [0, 0.1) is 11.3 Å². The molecule has 1 rings (SSSR count). The van der Waals surface area contributed by atoms with E-state index in [0.717, 1.165) is 0 Å². The molecule has 0 aliphatic heterocycles. The van der Waals surface area contributed by atoms with Gasteiger partial charge >= 0.3 is 0 Å². The maximum Gasteiger partial charge on any atom is 0.241 e. The van der Waals surface area contributed by atoms with Crippen molar-refractivity contribution in [3.8, 4) is 11.8 Å². The highest BCUT2D eigenvalue weighted by Crippen LogP contribution is 2.26. The third-order valence-corrected chi connectivity index (χ3v) is 2.87. The lowest BCUT2D eigenvalue weighted by atomic mass is 10.3. The van der Waals surface area contributed by atoms with Crippen molar-refractivity contribution in [3.05, 3.63) is 23.2 Å². The lowest BCUT2D eigenvalue weighted by Crippen LogP contribution is -2.16. The smallest absolute Gasteiger partial charge is 0.241 e. The molecule has 0 radical (unpaired) electrons. The van der Waals surface area contributed by atoms with E-state index in [1.165, 1.54) is 25.1 Å². The highest BCUT2D eigenvalue weighted by Gasteiger charge is 2.17.